The van der Waals surface area contributed by atoms with Crippen LogP contribution in [0.5, 0.6) is 0 Å². The highest BCUT2D eigenvalue weighted by Crippen LogP contribution is 2.25. The highest BCUT2D eigenvalue weighted by Gasteiger charge is 2.10. The van der Waals surface area contributed by atoms with Crippen molar-refractivity contribution < 1.29 is 4.92 Å². The Kier molecular flexibility index (Phi) is 3.21. The first-order valence-electron chi connectivity index (χ1n) is 6.09. The van der Waals surface area contributed by atoms with Gasteiger partial charge in [-0.25, -0.2) is 4.98 Å². The predicted octanol–water partition coefficient (Wildman–Crippen LogP) is 2.47. The molecule has 3 aromatic rings. The molecule has 20 heavy (non-hydrogen) atoms. The first-order valence-corrected chi connectivity index (χ1v) is 6.97. The van der Waals surface area contributed by atoms with Gasteiger partial charge in [0.05, 0.1) is 10.6 Å². The lowest BCUT2D eigenvalue weighted by Crippen LogP contribution is -2.04. The van der Waals surface area contributed by atoms with Crippen LogP contribution in [0, 0.1) is 10.1 Å². The molecule has 7 heteroatoms. The number of rotatable bonds is 4. The van der Waals surface area contributed by atoms with Gasteiger partial charge in [-0.3, -0.25) is 14.5 Å². The Morgan fingerprint density at radius 3 is 2.75 bits per heavy atom. The maximum absolute atomic E-state index is 10.6. The van der Waals surface area contributed by atoms with Crippen LogP contribution in [0.4, 0.5) is 5.69 Å². The summed E-state index contributed by atoms with van der Waals surface area (Å²) >= 11 is 1.57. The van der Waals surface area contributed by atoms with Crippen LogP contribution in [0.15, 0.2) is 35.8 Å². The summed E-state index contributed by atoms with van der Waals surface area (Å²) in [5.74, 6) is 0. The van der Waals surface area contributed by atoms with Crippen LogP contribution in [-0.2, 0) is 6.42 Å². The second-order valence-electron chi connectivity index (χ2n) is 4.35. The van der Waals surface area contributed by atoms with Gasteiger partial charge in [-0.05, 0) is 18.7 Å². The normalized spacial score (nSPS) is 11.1. The Morgan fingerprint density at radius 1 is 1.35 bits per heavy atom. The molecule has 0 aliphatic rings. The molecule has 0 fully saturated rings. The Bertz CT molecular complexity index is 760. The number of hydrogen-bond donors (Lipinski definition) is 1. The lowest BCUT2D eigenvalue weighted by atomic mass is 10.1. The van der Waals surface area contributed by atoms with Crippen molar-refractivity contribution in [1.29, 1.82) is 0 Å². The molecule has 0 radical (unpaired) electrons. The number of non-ortho nitro benzene ring substituents is 1. The number of hydrogen-bond acceptors (Lipinski definition) is 5. The number of nitrogens with zero attached hydrogens (tertiary/aromatic N) is 3. The minimum Gasteiger partial charge on any atom is -0.330 e. The molecule has 2 aromatic heterocycles. The van der Waals surface area contributed by atoms with Gasteiger partial charge in [0.1, 0.15) is 0 Å². The van der Waals surface area contributed by atoms with Crippen LogP contribution in [0.25, 0.3) is 16.2 Å². The van der Waals surface area contributed by atoms with Gasteiger partial charge >= 0.3 is 0 Å². The molecule has 0 amide bonds. The molecule has 1 aromatic carbocycles. The molecule has 3 rings (SSSR count). The lowest BCUT2D eigenvalue weighted by molar-refractivity contribution is -0.384. The monoisotopic (exact) mass is 288 g/mol. The van der Waals surface area contributed by atoms with Crippen molar-refractivity contribution in [2.75, 3.05) is 6.54 Å². The number of nitro benzene ring substituents is 1. The second kappa shape index (κ2) is 5.03. The average molecular weight is 288 g/mol. The van der Waals surface area contributed by atoms with E-state index >= 15 is 0 Å². The van der Waals surface area contributed by atoms with Crippen molar-refractivity contribution in [1.82, 2.24) is 9.38 Å². The first kappa shape index (κ1) is 12.8. The topological polar surface area (TPSA) is 86.5 Å². The maximum Gasteiger partial charge on any atom is 0.269 e. The van der Waals surface area contributed by atoms with Crippen LogP contribution < -0.4 is 5.73 Å². The van der Waals surface area contributed by atoms with Gasteiger partial charge in [0, 0.05) is 41.4 Å². The Balaban J connectivity index is 1.99. The highest BCUT2D eigenvalue weighted by atomic mass is 32.1. The number of imidazole rings is 1. The van der Waals surface area contributed by atoms with E-state index < -0.39 is 4.92 Å². The zero-order chi connectivity index (χ0) is 14.1. The Hall–Kier alpha value is -2.25. The third kappa shape index (κ3) is 2.17. The van der Waals surface area contributed by atoms with E-state index in [1.807, 2.05) is 10.6 Å². The fourth-order valence-corrected chi connectivity index (χ4v) is 2.96. The molecule has 0 spiro atoms. The Labute approximate surface area is 118 Å². The predicted molar refractivity (Wildman–Crippen MR) is 77.9 cm³/mol. The van der Waals surface area contributed by atoms with Gasteiger partial charge in [0.2, 0.25) is 0 Å². The summed E-state index contributed by atoms with van der Waals surface area (Å²) in [6.07, 6.45) is 2.74. The third-order valence-corrected chi connectivity index (χ3v) is 3.95. The standard InChI is InChI=1S/C13H12N4O2S/c14-6-5-11-8-20-13-15-12(7-16(11)13)9-1-3-10(4-2-9)17(18)19/h1-4,7-8H,5-6,14H2. The number of thiazole rings is 1. The zero-order valence-corrected chi connectivity index (χ0v) is 11.3. The number of fused-ring (bicyclic) bond motifs is 1. The minimum absolute atomic E-state index is 0.0820. The van der Waals surface area contributed by atoms with Gasteiger partial charge in [0.25, 0.3) is 5.69 Å². The minimum atomic E-state index is -0.408. The van der Waals surface area contributed by atoms with E-state index in [4.69, 9.17) is 5.73 Å². The SMILES string of the molecule is NCCc1csc2nc(-c3ccc([N+](=O)[O-])cc3)cn12. The molecule has 0 aliphatic heterocycles. The van der Waals surface area contributed by atoms with E-state index in [1.165, 1.54) is 12.1 Å². The summed E-state index contributed by atoms with van der Waals surface area (Å²) in [4.78, 5) is 15.7. The summed E-state index contributed by atoms with van der Waals surface area (Å²) in [6.45, 7) is 0.594. The van der Waals surface area contributed by atoms with Crippen molar-refractivity contribution in [3.63, 3.8) is 0 Å². The summed E-state index contributed by atoms with van der Waals surface area (Å²) in [5.41, 5.74) is 8.47. The molecule has 2 heterocycles. The summed E-state index contributed by atoms with van der Waals surface area (Å²) in [7, 11) is 0. The molecule has 0 saturated heterocycles. The molecule has 102 valence electrons. The molecule has 2 N–H and O–H groups in total. The number of nitrogens with two attached hydrogens (primary N) is 1. The van der Waals surface area contributed by atoms with E-state index in [9.17, 15) is 10.1 Å². The van der Waals surface area contributed by atoms with E-state index in [0.29, 0.717) is 6.54 Å². The van der Waals surface area contributed by atoms with E-state index in [1.54, 1.807) is 23.5 Å². The van der Waals surface area contributed by atoms with Crippen LogP contribution in [0.1, 0.15) is 5.69 Å². The summed E-state index contributed by atoms with van der Waals surface area (Å²) in [5, 5.41) is 12.7. The lowest BCUT2D eigenvalue weighted by Gasteiger charge is -1.96. The quantitative estimate of drug-likeness (QED) is 0.590. The van der Waals surface area contributed by atoms with Crippen molar-refractivity contribution in [2.45, 2.75) is 6.42 Å². The average Bonchev–Trinajstić information content (AvgIpc) is 3.01. The summed E-state index contributed by atoms with van der Waals surface area (Å²) < 4.78 is 2.02. The molecule has 0 atom stereocenters. The smallest absolute Gasteiger partial charge is 0.269 e. The molecule has 0 aliphatic carbocycles. The van der Waals surface area contributed by atoms with Crippen LogP contribution in [0.2, 0.25) is 0 Å². The van der Waals surface area contributed by atoms with Gasteiger partial charge in [-0.15, -0.1) is 11.3 Å². The molecule has 0 bridgehead atoms. The number of benzene rings is 1. The molecular weight excluding hydrogens is 276 g/mol. The number of aromatic nitrogens is 2. The van der Waals surface area contributed by atoms with E-state index in [0.717, 1.165) is 28.3 Å². The largest absolute Gasteiger partial charge is 0.330 e. The van der Waals surface area contributed by atoms with Crippen molar-refractivity contribution >= 4 is 22.0 Å². The highest BCUT2D eigenvalue weighted by molar-refractivity contribution is 7.15. The first-order chi connectivity index (χ1) is 9.69. The van der Waals surface area contributed by atoms with Crippen LogP contribution >= 0.6 is 11.3 Å². The molecular formula is C13H12N4O2S. The second-order valence-corrected chi connectivity index (χ2v) is 5.18. The van der Waals surface area contributed by atoms with Gasteiger partial charge in [0.15, 0.2) is 4.96 Å². The molecule has 0 saturated carbocycles. The fraction of sp³-hybridized carbons (Fsp3) is 0.154. The van der Waals surface area contributed by atoms with Crippen molar-refractivity contribution in [3.8, 4) is 11.3 Å². The molecule has 6 nitrogen and oxygen atoms in total. The van der Waals surface area contributed by atoms with Crippen molar-refractivity contribution in [3.05, 3.63) is 51.7 Å². The van der Waals surface area contributed by atoms with Crippen molar-refractivity contribution in [2.24, 2.45) is 5.73 Å². The third-order valence-electron chi connectivity index (χ3n) is 3.06. The fourth-order valence-electron chi connectivity index (χ4n) is 2.05. The molecule has 0 unspecified atom stereocenters. The van der Waals surface area contributed by atoms with Gasteiger partial charge in [-0.2, -0.15) is 0 Å². The van der Waals surface area contributed by atoms with E-state index in [2.05, 4.69) is 10.4 Å². The van der Waals surface area contributed by atoms with E-state index in [-0.39, 0.29) is 5.69 Å². The Morgan fingerprint density at radius 2 is 2.10 bits per heavy atom. The zero-order valence-electron chi connectivity index (χ0n) is 10.5. The number of nitro groups is 1. The maximum atomic E-state index is 10.6. The van der Waals surface area contributed by atoms with Gasteiger partial charge < -0.3 is 5.73 Å². The summed E-state index contributed by atoms with van der Waals surface area (Å²) in [6, 6.07) is 6.41. The van der Waals surface area contributed by atoms with Crippen LogP contribution in [-0.4, -0.2) is 20.9 Å². The van der Waals surface area contributed by atoms with Crippen LogP contribution in [0.3, 0.4) is 0 Å². The van der Waals surface area contributed by atoms with Gasteiger partial charge in [-0.1, -0.05) is 0 Å².